The van der Waals surface area contributed by atoms with E-state index in [0.717, 1.165) is 12.3 Å². The van der Waals surface area contributed by atoms with Gasteiger partial charge in [0.2, 0.25) is 0 Å². The monoisotopic (exact) mass is 236 g/mol. The van der Waals surface area contributed by atoms with E-state index in [1.807, 2.05) is 0 Å². The van der Waals surface area contributed by atoms with E-state index in [0.29, 0.717) is 0 Å². The van der Waals surface area contributed by atoms with Gasteiger partial charge in [0, 0.05) is 0 Å². The van der Waals surface area contributed by atoms with Gasteiger partial charge < -0.3 is 9.31 Å². The Morgan fingerprint density at radius 1 is 1.18 bits per heavy atom. The molecule has 2 aliphatic rings. The van der Waals surface area contributed by atoms with Crippen LogP contribution in [0.2, 0.25) is 0 Å². The Bertz CT molecular complexity index is 284. The molecule has 17 heavy (non-hydrogen) atoms. The lowest BCUT2D eigenvalue weighted by atomic mass is 9.75. The second-order valence-electron chi connectivity index (χ2n) is 6.29. The summed E-state index contributed by atoms with van der Waals surface area (Å²) in [6, 6.07) is 0. The van der Waals surface area contributed by atoms with Crippen molar-refractivity contribution in [3.05, 3.63) is 12.6 Å². The van der Waals surface area contributed by atoms with Gasteiger partial charge in [0.05, 0.1) is 11.2 Å². The fourth-order valence-electron chi connectivity index (χ4n) is 3.17. The molecule has 1 atom stereocenters. The number of rotatable bonds is 3. The largest absolute Gasteiger partial charge is 0.486 e. The maximum absolute atomic E-state index is 6.08. The molecule has 0 bridgehead atoms. The lowest BCUT2D eigenvalue weighted by molar-refractivity contribution is -0.0303. The third kappa shape index (κ3) is 2.60. The molecule has 0 N–H and O–H groups in total. The Labute approximate surface area is 106 Å². The van der Waals surface area contributed by atoms with E-state index in [4.69, 9.17) is 9.31 Å². The molecule has 96 valence electrons. The lowest BCUT2D eigenvalue weighted by Gasteiger charge is -2.40. The molecule has 1 unspecified atom stereocenters. The van der Waals surface area contributed by atoms with Crippen molar-refractivity contribution in [2.45, 2.75) is 70.5 Å². The van der Waals surface area contributed by atoms with E-state index in [1.165, 1.54) is 32.1 Å². The predicted molar refractivity (Wildman–Crippen MR) is 71.8 cm³/mol. The Kier molecular flexibility index (Phi) is 3.70. The summed E-state index contributed by atoms with van der Waals surface area (Å²) in [5.41, 5.74) is -0.392. The van der Waals surface area contributed by atoms with Crippen molar-refractivity contribution in [1.82, 2.24) is 0 Å². The van der Waals surface area contributed by atoms with Crippen LogP contribution in [-0.4, -0.2) is 18.3 Å². The number of hydrogen-bond donors (Lipinski definition) is 0. The highest BCUT2D eigenvalue weighted by molar-refractivity contribution is 6.51. The Hall–Kier alpha value is -0.275. The standard InChI is InChI=1S/C14H25BO2/c1-5-15-16-13(2,3)14(4,17-15)11-12-9-7-6-8-10-12/h5,12H,1,6-11H2,2-4H3. The highest BCUT2D eigenvalue weighted by atomic mass is 16.7. The van der Waals surface area contributed by atoms with Gasteiger partial charge >= 0.3 is 7.12 Å². The topological polar surface area (TPSA) is 18.5 Å². The summed E-state index contributed by atoms with van der Waals surface area (Å²) in [5, 5.41) is 0. The molecule has 3 heteroatoms. The zero-order valence-electron chi connectivity index (χ0n) is 11.5. The van der Waals surface area contributed by atoms with Crippen molar-refractivity contribution in [2.75, 3.05) is 0 Å². The van der Waals surface area contributed by atoms with Crippen molar-refractivity contribution in [3.63, 3.8) is 0 Å². The fraction of sp³-hybridized carbons (Fsp3) is 0.857. The molecular formula is C14H25BO2. The molecule has 1 heterocycles. The molecule has 1 saturated carbocycles. The first-order chi connectivity index (χ1) is 7.97. The second-order valence-corrected chi connectivity index (χ2v) is 6.29. The highest BCUT2D eigenvalue weighted by Gasteiger charge is 2.53. The summed E-state index contributed by atoms with van der Waals surface area (Å²) in [6.45, 7) is 10.2. The average Bonchev–Trinajstić information content (AvgIpc) is 2.50. The minimum atomic E-state index is -0.237. The Morgan fingerprint density at radius 2 is 1.82 bits per heavy atom. The van der Waals surface area contributed by atoms with E-state index in [2.05, 4.69) is 27.4 Å². The van der Waals surface area contributed by atoms with Gasteiger partial charge in [0.15, 0.2) is 0 Å². The van der Waals surface area contributed by atoms with Crippen molar-refractivity contribution < 1.29 is 9.31 Å². The van der Waals surface area contributed by atoms with Gasteiger partial charge in [0.25, 0.3) is 0 Å². The van der Waals surface area contributed by atoms with Gasteiger partial charge in [0.1, 0.15) is 0 Å². The van der Waals surface area contributed by atoms with Crippen molar-refractivity contribution in [3.8, 4) is 0 Å². The zero-order valence-corrected chi connectivity index (χ0v) is 11.5. The summed E-state index contributed by atoms with van der Waals surface area (Å²) in [4.78, 5) is 0. The first kappa shape index (κ1) is 13.2. The van der Waals surface area contributed by atoms with Crippen LogP contribution in [0.5, 0.6) is 0 Å². The summed E-state index contributed by atoms with van der Waals surface area (Å²) >= 11 is 0. The molecule has 1 aliphatic carbocycles. The molecule has 0 aromatic heterocycles. The van der Waals surface area contributed by atoms with Crippen molar-refractivity contribution in [1.29, 1.82) is 0 Å². The second kappa shape index (κ2) is 4.77. The van der Waals surface area contributed by atoms with Crippen LogP contribution in [-0.2, 0) is 9.31 Å². The van der Waals surface area contributed by atoms with E-state index < -0.39 is 0 Å². The third-order valence-electron chi connectivity index (χ3n) is 4.66. The van der Waals surface area contributed by atoms with Crippen molar-refractivity contribution in [2.24, 2.45) is 5.92 Å². The van der Waals surface area contributed by atoms with Gasteiger partial charge in [-0.25, -0.2) is 0 Å². The summed E-state index contributed by atoms with van der Waals surface area (Å²) in [6.07, 6.45) is 8.00. The van der Waals surface area contributed by atoms with Gasteiger partial charge in [-0.15, -0.1) is 6.58 Å². The summed E-state index contributed by atoms with van der Waals surface area (Å²) < 4.78 is 12.0. The Morgan fingerprint density at radius 3 is 2.35 bits per heavy atom. The van der Waals surface area contributed by atoms with Crippen LogP contribution in [0.3, 0.4) is 0 Å². The minimum absolute atomic E-state index is 0.173. The zero-order chi connectivity index (χ0) is 12.5. The highest BCUT2D eigenvalue weighted by Crippen LogP contribution is 2.44. The van der Waals surface area contributed by atoms with Crippen LogP contribution in [0.1, 0.15) is 59.3 Å². The molecule has 0 aromatic carbocycles. The van der Waals surface area contributed by atoms with Gasteiger partial charge in [-0.05, 0) is 33.1 Å². The normalized spacial score (nSPS) is 33.9. The van der Waals surface area contributed by atoms with Gasteiger partial charge in [-0.2, -0.15) is 0 Å². The third-order valence-corrected chi connectivity index (χ3v) is 4.66. The van der Waals surface area contributed by atoms with E-state index in [9.17, 15) is 0 Å². The van der Waals surface area contributed by atoms with Crippen LogP contribution in [0.25, 0.3) is 0 Å². The van der Waals surface area contributed by atoms with Crippen LogP contribution >= 0.6 is 0 Å². The summed E-state index contributed by atoms with van der Waals surface area (Å²) in [5.74, 6) is 2.56. The molecule has 2 fully saturated rings. The molecule has 0 spiro atoms. The Balaban J connectivity index is 2.03. The van der Waals surface area contributed by atoms with E-state index in [-0.39, 0.29) is 18.3 Å². The number of hydrogen-bond acceptors (Lipinski definition) is 2. The van der Waals surface area contributed by atoms with E-state index >= 15 is 0 Å². The predicted octanol–water partition coefficient (Wildman–Crippen LogP) is 3.75. The molecule has 2 nitrogen and oxygen atoms in total. The van der Waals surface area contributed by atoms with E-state index in [1.54, 1.807) is 5.98 Å². The average molecular weight is 236 g/mol. The minimum Gasteiger partial charge on any atom is -0.400 e. The van der Waals surface area contributed by atoms with Crippen LogP contribution in [0.4, 0.5) is 0 Å². The fourth-order valence-corrected chi connectivity index (χ4v) is 3.17. The molecular weight excluding hydrogens is 211 g/mol. The quantitative estimate of drug-likeness (QED) is 0.694. The first-order valence-electron chi connectivity index (χ1n) is 6.95. The maximum Gasteiger partial charge on any atom is 0.486 e. The van der Waals surface area contributed by atoms with Crippen LogP contribution in [0.15, 0.2) is 12.6 Å². The van der Waals surface area contributed by atoms with Crippen LogP contribution in [0, 0.1) is 5.92 Å². The first-order valence-corrected chi connectivity index (χ1v) is 6.95. The van der Waals surface area contributed by atoms with Crippen LogP contribution < -0.4 is 0 Å². The SMILES string of the molecule is C=CB1OC(C)(C)C(C)(CC2CCCCC2)O1. The van der Waals surface area contributed by atoms with Gasteiger partial charge in [-0.3, -0.25) is 0 Å². The molecule has 0 aromatic rings. The smallest absolute Gasteiger partial charge is 0.400 e. The van der Waals surface area contributed by atoms with Crippen molar-refractivity contribution >= 4 is 7.12 Å². The molecule has 2 rings (SSSR count). The molecule has 0 amide bonds. The van der Waals surface area contributed by atoms with Gasteiger partial charge in [-0.1, -0.05) is 38.1 Å². The molecule has 0 radical (unpaired) electrons. The molecule has 1 saturated heterocycles. The molecule has 1 aliphatic heterocycles. The summed E-state index contributed by atoms with van der Waals surface area (Å²) in [7, 11) is -0.237. The maximum atomic E-state index is 6.08. The lowest BCUT2D eigenvalue weighted by Crippen LogP contribution is -2.46.